The van der Waals surface area contributed by atoms with Crippen molar-refractivity contribution in [3.63, 3.8) is 0 Å². The summed E-state index contributed by atoms with van der Waals surface area (Å²) in [6.07, 6.45) is 6.64. The van der Waals surface area contributed by atoms with Gasteiger partial charge < -0.3 is 5.21 Å². The fourth-order valence-electron chi connectivity index (χ4n) is 3.08. The molecule has 4 aromatic rings. The fourth-order valence-corrected chi connectivity index (χ4v) is 4.14. The van der Waals surface area contributed by atoms with Crippen LogP contribution < -0.4 is 4.73 Å². The first kappa shape index (κ1) is 18.2. The molecule has 0 aliphatic heterocycles. The molecule has 0 fully saturated rings. The molecular formula is C21H19N3O3S. The van der Waals surface area contributed by atoms with Crippen molar-refractivity contribution >= 4 is 15.5 Å². The van der Waals surface area contributed by atoms with Crippen LogP contribution in [0.4, 0.5) is 0 Å². The van der Waals surface area contributed by atoms with Gasteiger partial charge in [-0.25, -0.2) is 13.4 Å². The van der Waals surface area contributed by atoms with Gasteiger partial charge in [0.2, 0.25) is 0 Å². The Labute approximate surface area is 163 Å². The summed E-state index contributed by atoms with van der Waals surface area (Å²) >= 11 is 0. The fraction of sp³-hybridized carbons (Fsp3) is 0.143. The van der Waals surface area contributed by atoms with Gasteiger partial charge in [-0.3, -0.25) is 4.40 Å². The van der Waals surface area contributed by atoms with Crippen LogP contribution in [0.5, 0.6) is 0 Å². The van der Waals surface area contributed by atoms with Gasteiger partial charge in [0.1, 0.15) is 5.65 Å². The van der Waals surface area contributed by atoms with Crippen LogP contribution in [0, 0.1) is 5.21 Å². The number of fused-ring (bicyclic) bond motifs is 1. The van der Waals surface area contributed by atoms with E-state index < -0.39 is 15.1 Å². The molecule has 0 radical (unpaired) electrons. The molecule has 0 atom stereocenters. The van der Waals surface area contributed by atoms with E-state index in [4.69, 9.17) is 0 Å². The average molecular weight is 393 g/mol. The third-order valence-electron chi connectivity index (χ3n) is 4.71. The van der Waals surface area contributed by atoms with Gasteiger partial charge in [0, 0.05) is 29.0 Å². The van der Waals surface area contributed by atoms with Gasteiger partial charge in [0.25, 0.3) is 0 Å². The highest BCUT2D eigenvalue weighted by molar-refractivity contribution is 7.92. The molecule has 142 valence electrons. The Morgan fingerprint density at radius 2 is 1.71 bits per heavy atom. The van der Waals surface area contributed by atoms with Gasteiger partial charge in [-0.15, -0.1) is 0 Å². The molecule has 0 saturated carbocycles. The van der Waals surface area contributed by atoms with E-state index in [1.165, 1.54) is 12.4 Å². The summed E-state index contributed by atoms with van der Waals surface area (Å²) in [5, 5.41) is 11.1. The number of aromatic nitrogens is 3. The highest BCUT2D eigenvalue weighted by atomic mass is 32.2. The number of hydrogen-bond acceptors (Lipinski definition) is 4. The molecule has 1 aromatic carbocycles. The van der Waals surface area contributed by atoms with Gasteiger partial charge in [0.15, 0.2) is 22.2 Å². The van der Waals surface area contributed by atoms with E-state index in [0.29, 0.717) is 4.90 Å². The molecule has 0 amide bonds. The van der Waals surface area contributed by atoms with Crippen LogP contribution in [0.25, 0.3) is 28.0 Å². The molecule has 6 nitrogen and oxygen atoms in total. The second kappa shape index (κ2) is 6.76. The minimum absolute atomic E-state index is 0.310. The summed E-state index contributed by atoms with van der Waals surface area (Å²) in [6.45, 7) is 3.34. The van der Waals surface area contributed by atoms with E-state index in [1.807, 2.05) is 28.8 Å². The first-order valence-electron chi connectivity index (χ1n) is 8.87. The minimum atomic E-state index is -3.31. The monoisotopic (exact) mass is 393 g/mol. The average Bonchev–Trinajstić information content (AvgIpc) is 3.11. The first-order valence-corrected chi connectivity index (χ1v) is 10.4. The maximum atomic E-state index is 12.3. The number of imidazole rings is 1. The van der Waals surface area contributed by atoms with Crippen molar-refractivity contribution in [3.05, 3.63) is 78.5 Å². The lowest BCUT2D eigenvalue weighted by Gasteiger charge is -2.09. The summed E-state index contributed by atoms with van der Waals surface area (Å²) in [5.74, 6) is 0. The molecule has 28 heavy (non-hydrogen) atoms. The summed E-state index contributed by atoms with van der Waals surface area (Å²) in [5.41, 5.74) is 4.16. The summed E-state index contributed by atoms with van der Waals surface area (Å²) in [6, 6.07) is 14.2. The summed E-state index contributed by atoms with van der Waals surface area (Å²) in [7, 11) is -3.31. The van der Waals surface area contributed by atoms with Crippen molar-refractivity contribution in [2.24, 2.45) is 0 Å². The maximum absolute atomic E-state index is 12.3. The Kier molecular flexibility index (Phi) is 4.39. The number of nitrogens with zero attached hydrogens (tertiary/aromatic N) is 3. The quantitative estimate of drug-likeness (QED) is 0.393. The zero-order valence-electron chi connectivity index (χ0n) is 15.5. The number of rotatable bonds is 4. The molecule has 0 saturated heterocycles. The van der Waals surface area contributed by atoms with E-state index in [0.717, 1.165) is 32.8 Å². The van der Waals surface area contributed by atoms with Crippen molar-refractivity contribution in [1.82, 2.24) is 9.38 Å². The molecule has 4 rings (SSSR count). The third-order valence-corrected chi connectivity index (χ3v) is 6.88. The smallest absolute Gasteiger partial charge is 0.188 e. The van der Waals surface area contributed by atoms with Crippen LogP contribution in [0.2, 0.25) is 0 Å². The Bertz CT molecular complexity index is 1260. The van der Waals surface area contributed by atoms with Crippen molar-refractivity contribution in [2.75, 3.05) is 0 Å². The van der Waals surface area contributed by atoms with E-state index in [9.17, 15) is 13.6 Å². The predicted octanol–water partition coefficient (Wildman–Crippen LogP) is 3.48. The molecular weight excluding hydrogens is 374 g/mol. The molecule has 0 aliphatic rings. The molecule has 0 aliphatic carbocycles. The van der Waals surface area contributed by atoms with E-state index in [2.05, 4.69) is 4.98 Å². The number of hydrogen-bond donors (Lipinski definition) is 0. The van der Waals surface area contributed by atoms with Crippen molar-refractivity contribution in [1.29, 1.82) is 0 Å². The molecule has 3 heterocycles. The minimum Gasteiger partial charge on any atom is -0.619 e. The summed E-state index contributed by atoms with van der Waals surface area (Å²) in [4.78, 5) is 4.73. The summed E-state index contributed by atoms with van der Waals surface area (Å²) < 4.78 is 27.4. The molecule has 3 aromatic heterocycles. The number of benzene rings is 1. The highest BCUT2D eigenvalue weighted by Crippen LogP contribution is 2.26. The van der Waals surface area contributed by atoms with Gasteiger partial charge in [-0.2, -0.15) is 4.73 Å². The van der Waals surface area contributed by atoms with Gasteiger partial charge in [0.05, 0.1) is 22.0 Å². The van der Waals surface area contributed by atoms with Crippen LogP contribution in [-0.4, -0.2) is 23.1 Å². The zero-order chi connectivity index (χ0) is 19.9. The van der Waals surface area contributed by atoms with E-state index in [1.54, 1.807) is 50.4 Å². The topological polar surface area (TPSA) is 78.4 Å². The van der Waals surface area contributed by atoms with Crippen LogP contribution in [0.15, 0.2) is 78.2 Å². The lowest BCUT2D eigenvalue weighted by Crippen LogP contribution is -2.23. The number of pyridine rings is 2. The Morgan fingerprint density at radius 3 is 2.39 bits per heavy atom. The normalized spacial score (nSPS) is 12.0. The van der Waals surface area contributed by atoms with Crippen LogP contribution in [0.3, 0.4) is 0 Å². The standard InChI is InChI=1S/C21H19N3O3S/c1-15(2)28(26,27)19-8-5-16(6-9-19)20-12-22-21-10-7-18(14-24(20)21)17-4-3-11-23(25)13-17/h3-15H,1-2H3. The molecule has 0 bridgehead atoms. The second-order valence-corrected chi connectivity index (χ2v) is 9.36. The zero-order valence-corrected chi connectivity index (χ0v) is 16.3. The van der Waals surface area contributed by atoms with Gasteiger partial charge >= 0.3 is 0 Å². The van der Waals surface area contributed by atoms with E-state index in [-0.39, 0.29) is 0 Å². The largest absolute Gasteiger partial charge is 0.619 e. The molecule has 7 heteroatoms. The molecule has 0 N–H and O–H groups in total. The SMILES string of the molecule is CC(C)S(=O)(=O)c1ccc(-c2cnc3ccc(-c4ccc[n+]([O-])c4)cn23)cc1. The Balaban J connectivity index is 1.78. The highest BCUT2D eigenvalue weighted by Gasteiger charge is 2.19. The van der Waals surface area contributed by atoms with Gasteiger partial charge in [-0.05, 0) is 44.2 Å². The molecule has 0 unspecified atom stereocenters. The van der Waals surface area contributed by atoms with Crippen molar-refractivity contribution in [3.8, 4) is 22.4 Å². The Hall–Kier alpha value is -3.19. The lowest BCUT2D eigenvalue weighted by molar-refractivity contribution is -0.604. The maximum Gasteiger partial charge on any atom is 0.188 e. The molecule has 0 spiro atoms. The van der Waals surface area contributed by atoms with E-state index >= 15 is 0 Å². The Morgan fingerprint density at radius 1 is 1.00 bits per heavy atom. The number of sulfone groups is 1. The second-order valence-electron chi connectivity index (χ2n) is 6.86. The first-order chi connectivity index (χ1) is 13.4. The van der Waals surface area contributed by atoms with Crippen molar-refractivity contribution in [2.45, 2.75) is 24.0 Å². The van der Waals surface area contributed by atoms with Gasteiger partial charge in [-0.1, -0.05) is 12.1 Å². The lowest BCUT2D eigenvalue weighted by atomic mass is 10.1. The van der Waals surface area contributed by atoms with Crippen molar-refractivity contribution < 1.29 is 13.1 Å². The van der Waals surface area contributed by atoms with Crippen LogP contribution in [-0.2, 0) is 9.84 Å². The third kappa shape index (κ3) is 3.14. The van der Waals surface area contributed by atoms with Crippen LogP contribution in [0.1, 0.15) is 13.8 Å². The predicted molar refractivity (Wildman–Crippen MR) is 107 cm³/mol. The van der Waals surface area contributed by atoms with Crippen LogP contribution >= 0.6 is 0 Å².